The van der Waals surface area contributed by atoms with E-state index >= 15 is 0 Å². The van der Waals surface area contributed by atoms with E-state index in [0.29, 0.717) is 25.1 Å². The molecule has 3 aromatic rings. The Morgan fingerprint density at radius 2 is 1.52 bits per heavy atom. The van der Waals surface area contributed by atoms with Crippen LogP contribution in [0.15, 0.2) is 83.8 Å². The molecule has 7 nitrogen and oxygen atoms in total. The molecule has 0 fully saturated rings. The average Bonchev–Trinajstić information content (AvgIpc) is 2.94. The topological polar surface area (TPSA) is 86.8 Å². The number of hydrogen-bond donors (Lipinski definition) is 1. The fraction of sp³-hybridized carbons (Fsp3) is 0.375. The molecular weight excluding hydrogens is 522 g/mol. The van der Waals surface area contributed by atoms with Crippen molar-refractivity contribution in [1.82, 2.24) is 10.2 Å². The van der Waals surface area contributed by atoms with Gasteiger partial charge >= 0.3 is 0 Å². The number of amides is 2. The summed E-state index contributed by atoms with van der Waals surface area (Å²) in [4.78, 5) is 29.0. The third kappa shape index (κ3) is 7.94. The van der Waals surface area contributed by atoms with Crippen LogP contribution in [-0.2, 0) is 26.0 Å². The highest BCUT2D eigenvalue weighted by Crippen LogP contribution is 2.28. The van der Waals surface area contributed by atoms with Gasteiger partial charge in [-0.2, -0.15) is 0 Å². The summed E-state index contributed by atoms with van der Waals surface area (Å²) in [5.74, 6) is -0.408. The van der Waals surface area contributed by atoms with Crippen LogP contribution in [0.1, 0.15) is 43.9 Å². The van der Waals surface area contributed by atoms with Gasteiger partial charge in [-0.05, 0) is 61.9 Å². The SMILES string of the molecule is CC[C@H](C(=O)NCC(C)C)N(CCc1ccccc1)C(=O)CN(c1ccc(C)cc1C)S(=O)(=O)c1ccccc1. The Labute approximate surface area is 239 Å². The Bertz CT molecular complexity index is 1380. The lowest BCUT2D eigenvalue weighted by Crippen LogP contribution is -2.53. The van der Waals surface area contributed by atoms with Crippen molar-refractivity contribution in [3.05, 3.63) is 95.6 Å². The summed E-state index contributed by atoms with van der Waals surface area (Å²) in [6, 6.07) is 22.6. The van der Waals surface area contributed by atoms with Gasteiger partial charge in [0.05, 0.1) is 10.6 Å². The lowest BCUT2D eigenvalue weighted by atomic mass is 10.1. The maximum atomic E-state index is 14.1. The van der Waals surface area contributed by atoms with Gasteiger partial charge in [-0.3, -0.25) is 13.9 Å². The molecule has 0 bridgehead atoms. The summed E-state index contributed by atoms with van der Waals surface area (Å²) in [5, 5.41) is 2.96. The highest BCUT2D eigenvalue weighted by molar-refractivity contribution is 7.92. The summed E-state index contributed by atoms with van der Waals surface area (Å²) in [5.41, 5.74) is 3.19. The Kier molecular flexibility index (Phi) is 10.9. The van der Waals surface area contributed by atoms with Crippen LogP contribution < -0.4 is 9.62 Å². The Morgan fingerprint density at radius 3 is 2.10 bits per heavy atom. The third-order valence-electron chi connectivity index (χ3n) is 6.79. The summed E-state index contributed by atoms with van der Waals surface area (Å²) < 4.78 is 29.0. The van der Waals surface area contributed by atoms with Crippen LogP contribution in [0.5, 0.6) is 0 Å². The number of rotatable bonds is 13. The molecule has 40 heavy (non-hydrogen) atoms. The molecule has 0 saturated carbocycles. The minimum absolute atomic E-state index is 0.0975. The first kappa shape index (κ1) is 30.9. The predicted octanol–water partition coefficient (Wildman–Crippen LogP) is 5.12. The molecule has 2 amide bonds. The van der Waals surface area contributed by atoms with Crippen molar-refractivity contribution in [3.8, 4) is 0 Å². The smallest absolute Gasteiger partial charge is 0.264 e. The van der Waals surface area contributed by atoms with Crippen molar-refractivity contribution in [1.29, 1.82) is 0 Å². The van der Waals surface area contributed by atoms with Crippen LogP contribution >= 0.6 is 0 Å². The van der Waals surface area contributed by atoms with Crippen molar-refractivity contribution >= 4 is 27.5 Å². The van der Waals surface area contributed by atoms with Gasteiger partial charge in [0.25, 0.3) is 10.0 Å². The number of carbonyl (C=O) groups is 2. The molecule has 3 rings (SSSR count). The van der Waals surface area contributed by atoms with E-state index in [-0.39, 0.29) is 23.3 Å². The van der Waals surface area contributed by atoms with Crippen LogP contribution in [0.25, 0.3) is 0 Å². The first-order chi connectivity index (χ1) is 19.0. The van der Waals surface area contributed by atoms with Crippen molar-refractivity contribution in [3.63, 3.8) is 0 Å². The zero-order valence-corrected chi connectivity index (χ0v) is 24.9. The molecule has 0 heterocycles. The van der Waals surface area contributed by atoms with Gasteiger partial charge < -0.3 is 10.2 Å². The molecule has 0 aliphatic heterocycles. The summed E-state index contributed by atoms with van der Waals surface area (Å²) in [6.07, 6.45) is 0.939. The molecule has 3 aromatic carbocycles. The molecule has 0 aliphatic rings. The number of benzene rings is 3. The van der Waals surface area contributed by atoms with Gasteiger partial charge in [-0.25, -0.2) is 8.42 Å². The molecule has 214 valence electrons. The van der Waals surface area contributed by atoms with E-state index in [9.17, 15) is 18.0 Å². The maximum Gasteiger partial charge on any atom is 0.264 e. The Balaban J connectivity index is 2.01. The van der Waals surface area contributed by atoms with E-state index in [1.54, 1.807) is 29.2 Å². The lowest BCUT2D eigenvalue weighted by molar-refractivity contribution is -0.139. The number of sulfonamides is 1. The highest BCUT2D eigenvalue weighted by atomic mass is 32.2. The van der Waals surface area contributed by atoms with E-state index in [4.69, 9.17) is 0 Å². The van der Waals surface area contributed by atoms with E-state index in [2.05, 4.69) is 5.32 Å². The van der Waals surface area contributed by atoms with Crippen molar-refractivity contribution in [2.45, 2.75) is 58.4 Å². The molecule has 8 heteroatoms. The number of nitrogens with zero attached hydrogens (tertiary/aromatic N) is 2. The van der Waals surface area contributed by atoms with E-state index in [0.717, 1.165) is 16.7 Å². The minimum Gasteiger partial charge on any atom is -0.354 e. The molecule has 0 aliphatic carbocycles. The van der Waals surface area contributed by atoms with E-state index in [1.165, 1.54) is 16.4 Å². The van der Waals surface area contributed by atoms with Crippen LogP contribution in [0.4, 0.5) is 5.69 Å². The molecule has 0 spiro atoms. The Morgan fingerprint density at radius 1 is 0.900 bits per heavy atom. The third-order valence-corrected chi connectivity index (χ3v) is 8.56. The summed E-state index contributed by atoms with van der Waals surface area (Å²) in [7, 11) is -4.07. The quantitative estimate of drug-likeness (QED) is 0.313. The number of nitrogens with one attached hydrogen (secondary N) is 1. The zero-order valence-electron chi connectivity index (χ0n) is 24.1. The molecule has 0 radical (unpaired) electrons. The van der Waals surface area contributed by atoms with Crippen LogP contribution in [0, 0.1) is 19.8 Å². The van der Waals surface area contributed by atoms with Crippen molar-refractivity contribution < 1.29 is 18.0 Å². The van der Waals surface area contributed by atoms with Crippen LogP contribution in [-0.4, -0.2) is 50.8 Å². The first-order valence-corrected chi connectivity index (χ1v) is 15.2. The molecule has 0 unspecified atom stereocenters. The molecule has 0 aromatic heterocycles. The average molecular weight is 564 g/mol. The predicted molar refractivity (Wildman–Crippen MR) is 161 cm³/mol. The second-order valence-electron chi connectivity index (χ2n) is 10.5. The maximum absolute atomic E-state index is 14.1. The standard InChI is InChI=1S/C32H41N3O4S/c1-6-29(32(37)33-22-24(2)3)34(20-19-27-13-9-7-10-14-27)31(36)23-35(30-18-17-25(4)21-26(30)5)40(38,39)28-15-11-8-12-16-28/h7-18,21,24,29H,6,19-20,22-23H2,1-5H3,(H,33,37)/t29-/m1/s1. The van der Waals surface area contributed by atoms with E-state index < -0.39 is 28.5 Å². The van der Waals surface area contributed by atoms with Gasteiger partial charge in [0.15, 0.2) is 0 Å². The summed E-state index contributed by atoms with van der Waals surface area (Å²) in [6.45, 7) is 10.0. The number of anilines is 1. The van der Waals surface area contributed by atoms with Crippen LogP contribution in [0.3, 0.4) is 0 Å². The first-order valence-electron chi connectivity index (χ1n) is 13.8. The molecule has 0 saturated heterocycles. The van der Waals surface area contributed by atoms with Gasteiger partial charge in [0.2, 0.25) is 11.8 Å². The largest absolute Gasteiger partial charge is 0.354 e. The number of aryl methyl sites for hydroxylation is 2. The van der Waals surface area contributed by atoms with Gasteiger partial charge in [0.1, 0.15) is 12.6 Å². The second-order valence-corrected chi connectivity index (χ2v) is 12.4. The number of hydrogen-bond acceptors (Lipinski definition) is 4. The summed E-state index contributed by atoms with van der Waals surface area (Å²) >= 11 is 0. The second kappa shape index (κ2) is 14.1. The molecular formula is C32H41N3O4S. The van der Waals surface area contributed by atoms with Crippen LogP contribution in [0.2, 0.25) is 0 Å². The molecule has 1 N–H and O–H groups in total. The zero-order chi connectivity index (χ0) is 29.3. The van der Waals surface area contributed by atoms with E-state index in [1.807, 2.05) is 77.1 Å². The minimum atomic E-state index is -4.07. The van der Waals surface area contributed by atoms with Gasteiger partial charge in [0, 0.05) is 13.1 Å². The number of carbonyl (C=O) groups excluding carboxylic acids is 2. The monoisotopic (exact) mass is 563 g/mol. The van der Waals surface area contributed by atoms with Gasteiger partial charge in [-0.15, -0.1) is 0 Å². The fourth-order valence-corrected chi connectivity index (χ4v) is 6.14. The normalized spacial score (nSPS) is 12.2. The van der Waals surface area contributed by atoms with Crippen molar-refractivity contribution in [2.75, 3.05) is 23.9 Å². The Hall–Kier alpha value is -3.65. The lowest BCUT2D eigenvalue weighted by Gasteiger charge is -2.33. The van der Waals surface area contributed by atoms with Crippen molar-refractivity contribution in [2.24, 2.45) is 5.92 Å². The van der Waals surface area contributed by atoms with Gasteiger partial charge in [-0.1, -0.05) is 87.0 Å². The fourth-order valence-electron chi connectivity index (χ4n) is 4.64. The highest BCUT2D eigenvalue weighted by Gasteiger charge is 2.33. The molecule has 1 atom stereocenters.